The number of piperidine rings is 1. The van der Waals surface area contributed by atoms with Crippen molar-refractivity contribution in [2.24, 2.45) is 0 Å². The Morgan fingerprint density at radius 2 is 1.96 bits per heavy atom. The lowest BCUT2D eigenvalue weighted by atomic mass is 10.00. The lowest BCUT2D eigenvalue weighted by molar-refractivity contribution is -0.385. The van der Waals surface area contributed by atoms with E-state index in [1.54, 1.807) is 36.4 Å². The molecule has 2 aromatic rings. The predicted molar refractivity (Wildman–Crippen MR) is 106 cm³/mol. The molecule has 148 valence electrons. The van der Waals surface area contributed by atoms with Crippen molar-refractivity contribution in [2.75, 3.05) is 11.4 Å². The van der Waals surface area contributed by atoms with E-state index in [1.807, 2.05) is 6.92 Å². The first-order valence-corrected chi connectivity index (χ1v) is 9.51. The molecule has 6 nitrogen and oxygen atoms in total. The molecule has 28 heavy (non-hydrogen) atoms. The molecule has 1 heterocycles. The normalized spacial score (nSPS) is 18.1. The maximum absolute atomic E-state index is 14.1. The minimum absolute atomic E-state index is 0.00525. The summed E-state index contributed by atoms with van der Waals surface area (Å²) in [6.07, 6.45) is 2.69. The maximum atomic E-state index is 14.1. The molecule has 2 aromatic carbocycles. The van der Waals surface area contributed by atoms with Gasteiger partial charge in [-0.2, -0.15) is 0 Å². The quantitative estimate of drug-likeness (QED) is 0.580. The highest BCUT2D eigenvalue weighted by Crippen LogP contribution is 2.25. The zero-order valence-corrected chi connectivity index (χ0v) is 15.8. The second-order valence-corrected chi connectivity index (χ2v) is 7.13. The fraction of sp³-hybridized carbons (Fsp3) is 0.381. The molecule has 2 atom stereocenters. The van der Waals surface area contributed by atoms with Gasteiger partial charge in [0.25, 0.3) is 5.69 Å². The second-order valence-electron chi connectivity index (χ2n) is 7.13. The molecule has 0 unspecified atom stereocenters. The highest BCUT2D eigenvalue weighted by Gasteiger charge is 2.31. The number of hydrogen-bond acceptors (Lipinski definition) is 4. The van der Waals surface area contributed by atoms with E-state index in [4.69, 9.17) is 0 Å². The number of aryl methyl sites for hydroxylation is 1. The molecule has 1 aliphatic rings. The molecule has 0 saturated carbocycles. The minimum atomic E-state index is -0.402. The number of rotatable bonds is 7. The van der Waals surface area contributed by atoms with Gasteiger partial charge in [0.2, 0.25) is 5.91 Å². The third-order valence-corrected chi connectivity index (χ3v) is 5.10. The van der Waals surface area contributed by atoms with Crippen LogP contribution in [0.15, 0.2) is 48.5 Å². The van der Waals surface area contributed by atoms with Crippen LogP contribution >= 0.6 is 0 Å². The molecule has 1 aliphatic heterocycles. The minimum Gasteiger partial charge on any atom is -0.308 e. The largest absolute Gasteiger partial charge is 0.308 e. The standard InChI is InChI=1S/C21H24FN3O3/c1-15(12-13-16-7-2-4-10-19(16)25(27)28)23-18-9-6-14-24(21(18)26)20-11-5-3-8-17(20)22/h2-5,7-8,10-11,15,18,23H,6,9,12-14H2,1H3/t15-,18+/m0/s1. The van der Waals surface area contributed by atoms with Crippen molar-refractivity contribution in [3.05, 3.63) is 70.0 Å². The van der Waals surface area contributed by atoms with Crippen LogP contribution in [-0.4, -0.2) is 29.5 Å². The van der Waals surface area contributed by atoms with Crippen molar-refractivity contribution in [3.8, 4) is 0 Å². The van der Waals surface area contributed by atoms with E-state index in [0.717, 1.165) is 6.42 Å². The number of hydrogen-bond donors (Lipinski definition) is 1. The Hall–Kier alpha value is -2.80. The van der Waals surface area contributed by atoms with E-state index >= 15 is 0 Å². The molecular formula is C21H24FN3O3. The first-order chi connectivity index (χ1) is 13.5. The van der Waals surface area contributed by atoms with Gasteiger partial charge in [-0.15, -0.1) is 0 Å². The number of halogens is 1. The van der Waals surface area contributed by atoms with E-state index in [-0.39, 0.29) is 28.6 Å². The van der Waals surface area contributed by atoms with Crippen LogP contribution in [0.4, 0.5) is 15.8 Å². The van der Waals surface area contributed by atoms with Crippen LogP contribution in [0.3, 0.4) is 0 Å². The monoisotopic (exact) mass is 385 g/mol. The van der Waals surface area contributed by atoms with Crippen LogP contribution < -0.4 is 10.2 Å². The third-order valence-electron chi connectivity index (χ3n) is 5.10. The lowest BCUT2D eigenvalue weighted by Crippen LogP contribution is -2.53. The average Bonchev–Trinajstić information content (AvgIpc) is 2.69. The first kappa shape index (κ1) is 19.9. The molecule has 0 aliphatic carbocycles. The summed E-state index contributed by atoms with van der Waals surface area (Å²) in [4.78, 5) is 25.1. The molecule has 0 bridgehead atoms. The summed E-state index contributed by atoms with van der Waals surface area (Å²) in [5.74, 6) is -0.533. The molecule has 7 heteroatoms. The number of nitrogens with one attached hydrogen (secondary N) is 1. The van der Waals surface area contributed by atoms with E-state index in [9.17, 15) is 19.3 Å². The van der Waals surface area contributed by atoms with Gasteiger partial charge < -0.3 is 10.2 Å². The summed E-state index contributed by atoms with van der Waals surface area (Å²) in [5.41, 5.74) is 1.12. The molecule has 0 aromatic heterocycles. The Balaban J connectivity index is 1.61. The number of anilines is 1. The fourth-order valence-electron chi connectivity index (χ4n) is 3.64. The highest BCUT2D eigenvalue weighted by atomic mass is 19.1. The van der Waals surface area contributed by atoms with E-state index < -0.39 is 5.82 Å². The van der Waals surface area contributed by atoms with Crippen molar-refractivity contribution >= 4 is 17.3 Å². The Morgan fingerprint density at radius 3 is 2.71 bits per heavy atom. The molecule has 1 saturated heterocycles. The summed E-state index contributed by atoms with van der Waals surface area (Å²) in [7, 11) is 0. The number of carbonyl (C=O) groups excluding carboxylic acids is 1. The molecule has 3 rings (SSSR count). The fourth-order valence-corrected chi connectivity index (χ4v) is 3.64. The number of nitro groups is 1. The number of para-hydroxylation sites is 2. The topological polar surface area (TPSA) is 75.5 Å². The van der Waals surface area contributed by atoms with Crippen molar-refractivity contribution in [1.29, 1.82) is 0 Å². The third kappa shape index (κ3) is 4.54. The summed E-state index contributed by atoms with van der Waals surface area (Å²) >= 11 is 0. The van der Waals surface area contributed by atoms with Crippen molar-refractivity contribution in [2.45, 2.75) is 44.7 Å². The predicted octanol–water partition coefficient (Wildman–Crippen LogP) is 3.84. The van der Waals surface area contributed by atoms with Gasteiger partial charge in [-0.1, -0.05) is 30.3 Å². The summed E-state index contributed by atoms with van der Waals surface area (Å²) < 4.78 is 14.1. The van der Waals surface area contributed by atoms with Gasteiger partial charge >= 0.3 is 0 Å². The first-order valence-electron chi connectivity index (χ1n) is 9.51. The summed E-state index contributed by atoms with van der Waals surface area (Å²) in [6, 6.07) is 12.6. The van der Waals surface area contributed by atoms with Crippen LogP contribution in [0.5, 0.6) is 0 Å². The number of benzene rings is 2. The van der Waals surface area contributed by atoms with Gasteiger partial charge in [-0.25, -0.2) is 4.39 Å². The van der Waals surface area contributed by atoms with Crippen molar-refractivity contribution in [3.63, 3.8) is 0 Å². The second kappa shape index (κ2) is 8.93. The van der Waals surface area contributed by atoms with Crippen LogP contribution in [0, 0.1) is 15.9 Å². The lowest BCUT2D eigenvalue weighted by Gasteiger charge is -2.34. The molecule has 1 amide bonds. The number of nitro benzene ring substituents is 1. The number of nitrogens with zero attached hydrogens (tertiary/aromatic N) is 2. The maximum Gasteiger partial charge on any atom is 0.272 e. The van der Waals surface area contributed by atoms with Crippen LogP contribution in [0.25, 0.3) is 0 Å². The Kier molecular flexibility index (Phi) is 6.36. The summed E-state index contributed by atoms with van der Waals surface area (Å²) in [6.45, 7) is 2.46. The SMILES string of the molecule is C[C@@H](CCc1ccccc1[N+](=O)[O-])N[C@@H]1CCCN(c2ccccc2F)C1=O. The highest BCUT2D eigenvalue weighted by molar-refractivity contribution is 5.98. The van der Waals surface area contributed by atoms with Gasteiger partial charge in [0, 0.05) is 24.2 Å². The van der Waals surface area contributed by atoms with Gasteiger partial charge in [0.15, 0.2) is 0 Å². The van der Waals surface area contributed by atoms with Crippen molar-refractivity contribution < 1.29 is 14.1 Å². The van der Waals surface area contributed by atoms with Gasteiger partial charge in [0.1, 0.15) is 5.82 Å². The molecule has 1 N–H and O–H groups in total. The number of carbonyl (C=O) groups is 1. The Labute approximate surface area is 163 Å². The molecular weight excluding hydrogens is 361 g/mol. The van der Waals surface area contributed by atoms with Gasteiger partial charge in [-0.05, 0) is 44.7 Å². The van der Waals surface area contributed by atoms with Gasteiger partial charge in [-0.3, -0.25) is 14.9 Å². The Bertz CT molecular complexity index is 858. The zero-order chi connectivity index (χ0) is 20.1. The molecule has 0 spiro atoms. The summed E-state index contributed by atoms with van der Waals surface area (Å²) in [5, 5.41) is 14.5. The Morgan fingerprint density at radius 1 is 1.25 bits per heavy atom. The molecule has 1 fully saturated rings. The van der Waals surface area contributed by atoms with Crippen LogP contribution in [-0.2, 0) is 11.2 Å². The van der Waals surface area contributed by atoms with E-state index in [0.29, 0.717) is 37.1 Å². The smallest absolute Gasteiger partial charge is 0.272 e. The van der Waals surface area contributed by atoms with Crippen molar-refractivity contribution in [1.82, 2.24) is 5.32 Å². The average molecular weight is 385 g/mol. The van der Waals surface area contributed by atoms with E-state index in [2.05, 4.69) is 5.32 Å². The van der Waals surface area contributed by atoms with Crippen LogP contribution in [0.2, 0.25) is 0 Å². The van der Waals surface area contributed by atoms with Crippen LogP contribution in [0.1, 0.15) is 31.7 Å². The van der Waals surface area contributed by atoms with E-state index in [1.165, 1.54) is 17.0 Å². The zero-order valence-electron chi connectivity index (χ0n) is 15.8. The van der Waals surface area contributed by atoms with Gasteiger partial charge in [0.05, 0.1) is 16.7 Å². The molecule has 0 radical (unpaired) electrons. The number of amides is 1.